The molecule has 0 saturated carbocycles. The Kier molecular flexibility index (Phi) is 7.35. The maximum Gasteiger partial charge on any atom is 0.252 e. The molecule has 3 N–H and O–H groups in total. The van der Waals surface area contributed by atoms with Gasteiger partial charge in [0.05, 0.1) is 5.56 Å². The molecule has 0 aliphatic heterocycles. The van der Waals surface area contributed by atoms with Crippen LogP contribution in [0.1, 0.15) is 41.6 Å². The second-order valence-electron chi connectivity index (χ2n) is 5.09. The number of unbranched alkanes of at least 4 members (excludes halogenated alkanes) is 1. The van der Waals surface area contributed by atoms with Crippen LogP contribution in [0, 0.1) is 0 Å². The van der Waals surface area contributed by atoms with Crippen LogP contribution in [-0.2, 0) is 6.42 Å². The summed E-state index contributed by atoms with van der Waals surface area (Å²) in [5, 5.41) is 12.1. The normalized spacial score (nSPS) is 10.7. The number of rotatable bonds is 9. The van der Waals surface area contributed by atoms with E-state index in [1.54, 1.807) is 11.8 Å². The Bertz CT molecular complexity index is 630. The fourth-order valence-corrected chi connectivity index (χ4v) is 3.81. The molecule has 0 saturated heterocycles. The third-order valence-electron chi connectivity index (χ3n) is 3.22. The van der Waals surface area contributed by atoms with Gasteiger partial charge >= 0.3 is 0 Å². The number of aryl methyl sites for hydroxylation is 1. The fraction of sp³-hybridized carbons (Fsp3) is 0.438. The van der Waals surface area contributed by atoms with Crippen molar-refractivity contribution < 1.29 is 4.79 Å². The minimum atomic E-state index is -0.0126. The number of hydrogen-bond acceptors (Lipinski definition) is 6. The first kappa shape index (κ1) is 17.7. The molecule has 2 rings (SSSR count). The molecule has 124 valence electrons. The van der Waals surface area contributed by atoms with Crippen molar-refractivity contribution in [1.82, 2.24) is 15.5 Å². The molecule has 5 nitrogen and oxygen atoms in total. The number of benzene rings is 1. The number of aromatic nitrogens is 2. The summed E-state index contributed by atoms with van der Waals surface area (Å²) in [4.78, 5) is 13.4. The van der Waals surface area contributed by atoms with Gasteiger partial charge in [0.1, 0.15) is 5.01 Å². The van der Waals surface area contributed by atoms with E-state index in [1.165, 1.54) is 11.3 Å². The van der Waals surface area contributed by atoms with Crippen LogP contribution < -0.4 is 11.1 Å². The molecule has 1 amide bonds. The number of thioether (sulfide) groups is 1. The molecule has 0 fully saturated rings. The highest BCUT2D eigenvalue weighted by molar-refractivity contribution is 7.99. The molecule has 1 aromatic carbocycles. The van der Waals surface area contributed by atoms with Crippen LogP contribution in [0.25, 0.3) is 0 Å². The summed E-state index contributed by atoms with van der Waals surface area (Å²) in [6.07, 6.45) is 3.93. The first-order valence-corrected chi connectivity index (χ1v) is 9.58. The van der Waals surface area contributed by atoms with Crippen LogP contribution in [0.4, 0.5) is 5.13 Å². The van der Waals surface area contributed by atoms with E-state index in [0.29, 0.717) is 11.7 Å². The lowest BCUT2D eigenvalue weighted by molar-refractivity contribution is 0.0950. The number of nitrogens with one attached hydrogen (secondary N) is 1. The summed E-state index contributed by atoms with van der Waals surface area (Å²) < 4.78 is 0. The van der Waals surface area contributed by atoms with Gasteiger partial charge in [-0.25, -0.2) is 0 Å². The fourth-order valence-electron chi connectivity index (χ4n) is 2.01. The predicted octanol–water partition coefficient (Wildman–Crippen LogP) is 3.38. The maximum atomic E-state index is 12.3. The Hall–Kier alpha value is -1.60. The highest BCUT2D eigenvalue weighted by Gasteiger charge is 2.10. The van der Waals surface area contributed by atoms with Crippen LogP contribution in [0.2, 0.25) is 0 Å². The molecule has 0 radical (unpaired) electrons. The summed E-state index contributed by atoms with van der Waals surface area (Å²) in [5.74, 6) is 1.03. The molecular formula is C16H22N4OS2. The molecule has 0 unspecified atom stereocenters. The Morgan fingerprint density at radius 1 is 1.30 bits per heavy atom. The Balaban J connectivity index is 1.80. The van der Waals surface area contributed by atoms with Gasteiger partial charge in [-0.3, -0.25) is 4.79 Å². The van der Waals surface area contributed by atoms with E-state index in [9.17, 15) is 4.79 Å². The van der Waals surface area contributed by atoms with Crippen molar-refractivity contribution in [1.29, 1.82) is 0 Å². The van der Waals surface area contributed by atoms with E-state index in [0.717, 1.165) is 46.9 Å². The Morgan fingerprint density at radius 3 is 2.87 bits per heavy atom. The second kappa shape index (κ2) is 9.52. The molecule has 0 aliphatic rings. The number of anilines is 1. The van der Waals surface area contributed by atoms with Crippen molar-refractivity contribution in [3.8, 4) is 0 Å². The van der Waals surface area contributed by atoms with E-state index in [4.69, 9.17) is 5.73 Å². The van der Waals surface area contributed by atoms with Gasteiger partial charge < -0.3 is 11.1 Å². The van der Waals surface area contributed by atoms with Crippen molar-refractivity contribution in [2.75, 3.05) is 18.0 Å². The topological polar surface area (TPSA) is 80.9 Å². The van der Waals surface area contributed by atoms with Crippen LogP contribution >= 0.6 is 23.1 Å². The summed E-state index contributed by atoms with van der Waals surface area (Å²) in [7, 11) is 0. The monoisotopic (exact) mass is 350 g/mol. The van der Waals surface area contributed by atoms with Crippen LogP contribution in [0.3, 0.4) is 0 Å². The lowest BCUT2D eigenvalue weighted by Gasteiger charge is -2.09. The van der Waals surface area contributed by atoms with Crippen LogP contribution in [0.5, 0.6) is 0 Å². The molecule has 0 spiro atoms. The first-order chi connectivity index (χ1) is 11.2. The number of carbonyl (C=O) groups excluding carboxylic acids is 1. The third kappa shape index (κ3) is 5.84. The highest BCUT2D eigenvalue weighted by atomic mass is 32.2. The summed E-state index contributed by atoms with van der Waals surface area (Å²) in [5.41, 5.74) is 6.30. The molecule has 1 heterocycles. The van der Waals surface area contributed by atoms with Crippen molar-refractivity contribution in [2.45, 2.75) is 37.5 Å². The van der Waals surface area contributed by atoms with Gasteiger partial charge in [0.25, 0.3) is 5.91 Å². The molecule has 7 heteroatoms. The van der Waals surface area contributed by atoms with Gasteiger partial charge in [0.15, 0.2) is 0 Å². The molecular weight excluding hydrogens is 328 g/mol. The zero-order chi connectivity index (χ0) is 16.5. The van der Waals surface area contributed by atoms with Crippen molar-refractivity contribution in [2.24, 2.45) is 0 Å². The second-order valence-corrected chi connectivity index (χ2v) is 7.32. The maximum absolute atomic E-state index is 12.3. The quantitative estimate of drug-likeness (QED) is 0.535. The highest BCUT2D eigenvalue weighted by Crippen LogP contribution is 2.23. The standard InChI is InChI=1S/C16H22N4OS2/c1-2-3-11-22-13-8-5-4-7-12(13)15(21)18-10-6-9-14-19-20-16(17)23-14/h4-5,7-8H,2-3,6,9-11H2,1H3,(H2,17,20)(H,18,21). The van der Waals surface area contributed by atoms with E-state index in [2.05, 4.69) is 22.4 Å². The van der Waals surface area contributed by atoms with Gasteiger partial charge in [0, 0.05) is 17.9 Å². The van der Waals surface area contributed by atoms with E-state index >= 15 is 0 Å². The number of nitrogens with zero attached hydrogens (tertiary/aromatic N) is 2. The van der Waals surface area contributed by atoms with Gasteiger partial charge in [-0.1, -0.05) is 36.8 Å². The average molecular weight is 351 g/mol. The number of amides is 1. The number of hydrogen-bond donors (Lipinski definition) is 2. The van der Waals surface area contributed by atoms with E-state index < -0.39 is 0 Å². The summed E-state index contributed by atoms with van der Waals surface area (Å²) in [6, 6.07) is 7.78. The zero-order valence-corrected chi connectivity index (χ0v) is 14.9. The number of nitrogens with two attached hydrogens (primary N) is 1. The number of nitrogen functional groups attached to an aromatic ring is 1. The first-order valence-electron chi connectivity index (χ1n) is 7.78. The molecule has 2 aromatic rings. The van der Waals surface area contributed by atoms with Crippen molar-refractivity contribution in [3.05, 3.63) is 34.8 Å². The lowest BCUT2D eigenvalue weighted by atomic mass is 10.2. The Labute approximate surface area is 145 Å². The minimum absolute atomic E-state index is 0.0126. The summed E-state index contributed by atoms with van der Waals surface area (Å²) in [6.45, 7) is 2.79. The third-order valence-corrected chi connectivity index (χ3v) is 5.19. The summed E-state index contributed by atoms with van der Waals surface area (Å²) >= 11 is 3.14. The van der Waals surface area contributed by atoms with Crippen molar-refractivity contribution >= 4 is 34.1 Å². The Morgan fingerprint density at radius 2 is 2.13 bits per heavy atom. The van der Waals surface area contributed by atoms with Crippen molar-refractivity contribution in [3.63, 3.8) is 0 Å². The zero-order valence-electron chi connectivity index (χ0n) is 13.2. The smallest absolute Gasteiger partial charge is 0.252 e. The molecule has 1 aromatic heterocycles. The average Bonchev–Trinajstić information content (AvgIpc) is 2.97. The SMILES string of the molecule is CCCCSc1ccccc1C(=O)NCCCc1nnc(N)s1. The lowest BCUT2D eigenvalue weighted by Crippen LogP contribution is -2.25. The molecule has 0 bridgehead atoms. The predicted molar refractivity (Wildman–Crippen MR) is 97.0 cm³/mol. The minimum Gasteiger partial charge on any atom is -0.374 e. The van der Waals surface area contributed by atoms with E-state index in [-0.39, 0.29) is 5.91 Å². The number of carbonyl (C=O) groups is 1. The molecule has 0 atom stereocenters. The largest absolute Gasteiger partial charge is 0.374 e. The van der Waals surface area contributed by atoms with Crippen LogP contribution in [-0.4, -0.2) is 28.4 Å². The molecule has 0 aliphatic carbocycles. The van der Waals surface area contributed by atoms with Gasteiger partial charge in [-0.05, 0) is 30.7 Å². The van der Waals surface area contributed by atoms with Gasteiger partial charge in [0.2, 0.25) is 5.13 Å². The van der Waals surface area contributed by atoms with Crippen LogP contribution in [0.15, 0.2) is 29.2 Å². The van der Waals surface area contributed by atoms with Gasteiger partial charge in [-0.2, -0.15) is 0 Å². The molecule has 23 heavy (non-hydrogen) atoms. The van der Waals surface area contributed by atoms with Gasteiger partial charge in [-0.15, -0.1) is 22.0 Å². The van der Waals surface area contributed by atoms with E-state index in [1.807, 2.05) is 24.3 Å².